The first kappa shape index (κ1) is 16.1. The molecule has 1 N–H and O–H groups in total. The Kier molecular flexibility index (Phi) is 7.65. The lowest BCUT2D eigenvalue weighted by Gasteiger charge is -2.19. The van der Waals surface area contributed by atoms with E-state index in [2.05, 4.69) is 19.2 Å². The fourth-order valence-electron chi connectivity index (χ4n) is 2.25. The van der Waals surface area contributed by atoms with E-state index in [0.717, 1.165) is 31.9 Å². The highest BCUT2D eigenvalue weighted by Gasteiger charge is 2.15. The van der Waals surface area contributed by atoms with Crippen LogP contribution in [-0.4, -0.2) is 6.54 Å². The van der Waals surface area contributed by atoms with E-state index in [1.54, 1.807) is 6.07 Å². The molecule has 0 aliphatic heterocycles. The maximum absolute atomic E-state index is 13.8. The molecule has 0 aliphatic rings. The van der Waals surface area contributed by atoms with Crippen LogP contribution in [0.1, 0.15) is 64.0 Å². The van der Waals surface area contributed by atoms with E-state index in [0.29, 0.717) is 5.56 Å². The van der Waals surface area contributed by atoms with E-state index < -0.39 is 11.6 Å². The third kappa shape index (κ3) is 5.68. The monoisotopic (exact) mass is 269 g/mol. The van der Waals surface area contributed by atoms with Crippen LogP contribution in [0.25, 0.3) is 0 Å². The van der Waals surface area contributed by atoms with Crippen molar-refractivity contribution in [1.82, 2.24) is 5.32 Å². The van der Waals surface area contributed by atoms with Gasteiger partial charge < -0.3 is 5.32 Å². The second-order valence-electron chi connectivity index (χ2n) is 5.02. The molecule has 0 heterocycles. The molecule has 0 aliphatic carbocycles. The molecule has 0 saturated carbocycles. The van der Waals surface area contributed by atoms with Crippen molar-refractivity contribution in [3.05, 3.63) is 35.4 Å². The largest absolute Gasteiger partial charge is 0.310 e. The zero-order valence-electron chi connectivity index (χ0n) is 12.0. The highest BCUT2D eigenvalue weighted by molar-refractivity contribution is 5.22. The molecule has 0 spiro atoms. The van der Waals surface area contributed by atoms with E-state index >= 15 is 0 Å². The SMILES string of the molecule is CCCCCCC(NCCC)c1ccc(F)cc1F. The van der Waals surface area contributed by atoms with Gasteiger partial charge in [0, 0.05) is 17.7 Å². The Balaban J connectivity index is 2.66. The molecule has 0 aromatic heterocycles. The van der Waals surface area contributed by atoms with E-state index in [1.807, 2.05) is 0 Å². The molecule has 0 fully saturated rings. The zero-order chi connectivity index (χ0) is 14.1. The topological polar surface area (TPSA) is 12.0 Å². The lowest BCUT2D eigenvalue weighted by molar-refractivity contribution is 0.449. The number of rotatable bonds is 9. The Morgan fingerprint density at radius 1 is 1.05 bits per heavy atom. The minimum absolute atomic E-state index is 0.00240. The zero-order valence-corrected chi connectivity index (χ0v) is 12.0. The Labute approximate surface area is 115 Å². The van der Waals surface area contributed by atoms with Gasteiger partial charge in [0.25, 0.3) is 0 Å². The minimum atomic E-state index is -0.513. The van der Waals surface area contributed by atoms with Gasteiger partial charge >= 0.3 is 0 Å². The Hall–Kier alpha value is -0.960. The normalized spacial score (nSPS) is 12.6. The number of hydrogen-bond acceptors (Lipinski definition) is 1. The average molecular weight is 269 g/mol. The molecule has 19 heavy (non-hydrogen) atoms. The van der Waals surface area contributed by atoms with Crippen molar-refractivity contribution in [1.29, 1.82) is 0 Å². The molecule has 1 nitrogen and oxygen atoms in total. The number of benzene rings is 1. The van der Waals surface area contributed by atoms with Crippen LogP contribution in [-0.2, 0) is 0 Å². The number of halogens is 2. The van der Waals surface area contributed by atoms with Crippen LogP contribution >= 0.6 is 0 Å². The summed E-state index contributed by atoms with van der Waals surface area (Å²) in [5.74, 6) is -0.953. The summed E-state index contributed by atoms with van der Waals surface area (Å²) in [6, 6.07) is 3.88. The highest BCUT2D eigenvalue weighted by atomic mass is 19.1. The molecule has 0 amide bonds. The van der Waals surface area contributed by atoms with E-state index in [1.165, 1.54) is 25.3 Å². The molecule has 0 saturated heterocycles. The number of nitrogens with one attached hydrogen (secondary N) is 1. The summed E-state index contributed by atoms with van der Waals surface area (Å²) in [6.45, 7) is 5.11. The van der Waals surface area contributed by atoms with E-state index in [4.69, 9.17) is 0 Å². The van der Waals surface area contributed by atoms with Crippen molar-refractivity contribution < 1.29 is 8.78 Å². The smallest absolute Gasteiger partial charge is 0.130 e. The molecule has 108 valence electrons. The third-order valence-electron chi connectivity index (χ3n) is 3.33. The van der Waals surface area contributed by atoms with Crippen LogP contribution in [0.3, 0.4) is 0 Å². The summed E-state index contributed by atoms with van der Waals surface area (Å²) < 4.78 is 26.8. The van der Waals surface area contributed by atoms with Crippen LogP contribution < -0.4 is 5.32 Å². The molecule has 1 aromatic carbocycles. The molecular formula is C16H25F2N. The highest BCUT2D eigenvalue weighted by Crippen LogP contribution is 2.23. The summed E-state index contributed by atoms with van der Waals surface area (Å²) in [7, 11) is 0. The van der Waals surface area contributed by atoms with Gasteiger partial charge in [-0.1, -0.05) is 45.6 Å². The first-order valence-corrected chi connectivity index (χ1v) is 7.37. The molecule has 1 unspecified atom stereocenters. The average Bonchev–Trinajstić information content (AvgIpc) is 2.39. The fraction of sp³-hybridized carbons (Fsp3) is 0.625. The summed E-state index contributed by atoms with van der Waals surface area (Å²) in [6.07, 6.45) is 6.57. The van der Waals surface area contributed by atoms with Crippen LogP contribution in [0.15, 0.2) is 18.2 Å². The lowest BCUT2D eigenvalue weighted by Crippen LogP contribution is -2.23. The molecule has 0 bridgehead atoms. The van der Waals surface area contributed by atoms with Gasteiger partial charge in [-0.05, 0) is 25.5 Å². The van der Waals surface area contributed by atoms with Crippen molar-refractivity contribution >= 4 is 0 Å². The number of unbranched alkanes of at least 4 members (excludes halogenated alkanes) is 3. The van der Waals surface area contributed by atoms with Crippen molar-refractivity contribution in [2.45, 2.75) is 58.4 Å². The van der Waals surface area contributed by atoms with Crippen LogP contribution in [0.5, 0.6) is 0 Å². The first-order chi connectivity index (χ1) is 9.19. The van der Waals surface area contributed by atoms with Crippen LogP contribution in [0, 0.1) is 11.6 Å². The van der Waals surface area contributed by atoms with Crippen LogP contribution in [0.2, 0.25) is 0 Å². The first-order valence-electron chi connectivity index (χ1n) is 7.37. The summed E-state index contributed by atoms with van der Waals surface area (Å²) in [5, 5.41) is 3.36. The molecular weight excluding hydrogens is 244 g/mol. The van der Waals surface area contributed by atoms with Gasteiger partial charge in [0.05, 0.1) is 0 Å². The minimum Gasteiger partial charge on any atom is -0.310 e. The van der Waals surface area contributed by atoms with Gasteiger partial charge in [0.1, 0.15) is 11.6 Å². The van der Waals surface area contributed by atoms with Crippen molar-refractivity contribution in [2.24, 2.45) is 0 Å². The van der Waals surface area contributed by atoms with Gasteiger partial charge in [0.2, 0.25) is 0 Å². The number of hydrogen-bond donors (Lipinski definition) is 1. The van der Waals surface area contributed by atoms with Gasteiger partial charge in [-0.15, -0.1) is 0 Å². The Bertz CT molecular complexity index is 366. The standard InChI is InChI=1S/C16H25F2N/c1-3-5-6-7-8-16(19-11-4-2)14-10-9-13(17)12-15(14)18/h9-10,12,16,19H,3-8,11H2,1-2H3. The fourth-order valence-corrected chi connectivity index (χ4v) is 2.25. The van der Waals surface area contributed by atoms with Crippen molar-refractivity contribution in [3.8, 4) is 0 Å². The predicted molar refractivity (Wildman–Crippen MR) is 76.2 cm³/mol. The van der Waals surface area contributed by atoms with E-state index in [9.17, 15) is 8.78 Å². The summed E-state index contributed by atoms with van der Waals surface area (Å²) in [4.78, 5) is 0. The second-order valence-corrected chi connectivity index (χ2v) is 5.02. The van der Waals surface area contributed by atoms with Gasteiger partial charge in [-0.3, -0.25) is 0 Å². The molecule has 0 radical (unpaired) electrons. The Morgan fingerprint density at radius 2 is 1.84 bits per heavy atom. The molecule has 1 rings (SSSR count). The molecule has 3 heteroatoms. The summed E-state index contributed by atoms with van der Waals surface area (Å²) in [5.41, 5.74) is 0.589. The lowest BCUT2D eigenvalue weighted by atomic mass is 9.99. The van der Waals surface area contributed by atoms with Crippen molar-refractivity contribution in [3.63, 3.8) is 0 Å². The molecule has 1 aromatic rings. The maximum Gasteiger partial charge on any atom is 0.130 e. The third-order valence-corrected chi connectivity index (χ3v) is 3.33. The maximum atomic E-state index is 13.8. The quantitative estimate of drug-likeness (QED) is 0.624. The van der Waals surface area contributed by atoms with Gasteiger partial charge in [-0.25, -0.2) is 8.78 Å². The van der Waals surface area contributed by atoms with Crippen LogP contribution in [0.4, 0.5) is 8.78 Å². The second kappa shape index (κ2) is 9.03. The van der Waals surface area contributed by atoms with Gasteiger partial charge in [0.15, 0.2) is 0 Å². The Morgan fingerprint density at radius 3 is 2.47 bits per heavy atom. The van der Waals surface area contributed by atoms with E-state index in [-0.39, 0.29) is 6.04 Å². The van der Waals surface area contributed by atoms with Gasteiger partial charge in [-0.2, -0.15) is 0 Å². The molecule has 1 atom stereocenters. The van der Waals surface area contributed by atoms with Crippen molar-refractivity contribution in [2.75, 3.05) is 6.54 Å². The summed E-state index contributed by atoms with van der Waals surface area (Å²) >= 11 is 0. The predicted octanol–water partition coefficient (Wildman–Crippen LogP) is 4.98.